The van der Waals surface area contributed by atoms with Gasteiger partial charge in [0.1, 0.15) is 5.75 Å². The molecule has 20 heavy (non-hydrogen) atoms. The number of benzene rings is 2. The van der Waals surface area contributed by atoms with Crippen molar-refractivity contribution in [3.63, 3.8) is 0 Å². The summed E-state index contributed by atoms with van der Waals surface area (Å²) in [6, 6.07) is 12.7. The lowest BCUT2D eigenvalue weighted by molar-refractivity contribution is 0.103. The van der Waals surface area contributed by atoms with Crippen LogP contribution in [-0.2, 0) is 0 Å². The van der Waals surface area contributed by atoms with Crippen molar-refractivity contribution < 1.29 is 9.53 Å². The molecule has 0 saturated heterocycles. The second-order valence-electron chi connectivity index (χ2n) is 4.98. The van der Waals surface area contributed by atoms with Crippen molar-refractivity contribution in [3.8, 4) is 5.75 Å². The fourth-order valence-corrected chi connectivity index (χ4v) is 2.28. The fraction of sp³-hybridized carbons (Fsp3) is 0.235. The summed E-state index contributed by atoms with van der Waals surface area (Å²) in [5, 5.41) is 0.467. The molecule has 0 amide bonds. The van der Waals surface area contributed by atoms with Crippen molar-refractivity contribution in [1.29, 1.82) is 0 Å². The molecule has 0 atom stereocenters. The van der Waals surface area contributed by atoms with Gasteiger partial charge in [0.2, 0.25) is 0 Å². The smallest absolute Gasteiger partial charge is 0.198 e. The van der Waals surface area contributed by atoms with Crippen molar-refractivity contribution >= 4 is 17.4 Å². The molecular formula is C17H17ClO2. The van der Waals surface area contributed by atoms with Crippen molar-refractivity contribution in [2.24, 2.45) is 0 Å². The monoisotopic (exact) mass is 288 g/mol. The fourth-order valence-electron chi connectivity index (χ4n) is 1.96. The SMILES string of the molecule is Cc1ccc(C(=O)c2ccccc2OC(C)C)c(Cl)c1. The Kier molecular flexibility index (Phi) is 4.46. The van der Waals surface area contributed by atoms with Gasteiger partial charge in [0.25, 0.3) is 0 Å². The van der Waals surface area contributed by atoms with Gasteiger partial charge in [0, 0.05) is 5.56 Å². The molecule has 0 aliphatic carbocycles. The molecule has 0 N–H and O–H groups in total. The Morgan fingerprint density at radius 1 is 1.10 bits per heavy atom. The first-order valence-corrected chi connectivity index (χ1v) is 6.93. The first kappa shape index (κ1) is 14.6. The van der Waals surface area contributed by atoms with Crippen LogP contribution in [-0.4, -0.2) is 11.9 Å². The number of carbonyl (C=O) groups is 1. The van der Waals surface area contributed by atoms with E-state index in [1.165, 1.54) is 0 Å². The maximum atomic E-state index is 12.6. The molecule has 2 rings (SSSR count). The average molecular weight is 289 g/mol. The molecule has 2 nitrogen and oxygen atoms in total. The lowest BCUT2D eigenvalue weighted by Crippen LogP contribution is -2.11. The number of ketones is 1. The van der Waals surface area contributed by atoms with Crippen molar-refractivity contribution in [2.75, 3.05) is 0 Å². The van der Waals surface area contributed by atoms with E-state index in [4.69, 9.17) is 16.3 Å². The Morgan fingerprint density at radius 2 is 1.80 bits per heavy atom. The molecule has 0 saturated carbocycles. The third kappa shape index (κ3) is 3.20. The molecule has 0 radical (unpaired) electrons. The highest BCUT2D eigenvalue weighted by Crippen LogP contribution is 2.26. The van der Waals surface area contributed by atoms with Gasteiger partial charge in [-0.15, -0.1) is 0 Å². The number of hydrogen-bond donors (Lipinski definition) is 0. The average Bonchev–Trinajstić information content (AvgIpc) is 2.38. The standard InChI is InChI=1S/C17H17ClO2/c1-11(2)20-16-7-5-4-6-14(16)17(19)13-9-8-12(3)10-15(13)18/h4-11H,1-3H3. The zero-order valence-electron chi connectivity index (χ0n) is 11.8. The van der Waals surface area contributed by atoms with Crippen LogP contribution in [0, 0.1) is 6.92 Å². The molecule has 0 heterocycles. The van der Waals surface area contributed by atoms with Crippen LogP contribution in [0.15, 0.2) is 42.5 Å². The van der Waals surface area contributed by atoms with E-state index >= 15 is 0 Å². The first-order chi connectivity index (χ1) is 9.49. The van der Waals surface area contributed by atoms with Crippen molar-refractivity contribution in [2.45, 2.75) is 26.9 Å². The van der Waals surface area contributed by atoms with Crippen molar-refractivity contribution in [1.82, 2.24) is 0 Å². The summed E-state index contributed by atoms with van der Waals surface area (Å²) in [5.41, 5.74) is 2.06. The number of halogens is 1. The van der Waals surface area contributed by atoms with E-state index in [0.717, 1.165) is 5.56 Å². The van der Waals surface area contributed by atoms with Crippen LogP contribution < -0.4 is 4.74 Å². The van der Waals surface area contributed by atoms with Gasteiger partial charge in [0.15, 0.2) is 5.78 Å². The number of aryl methyl sites for hydroxylation is 1. The summed E-state index contributed by atoms with van der Waals surface area (Å²) < 4.78 is 5.69. The van der Waals surface area contributed by atoms with Gasteiger partial charge in [-0.2, -0.15) is 0 Å². The Morgan fingerprint density at radius 3 is 2.45 bits per heavy atom. The predicted octanol–water partition coefficient (Wildman–Crippen LogP) is 4.67. The van der Waals surface area contributed by atoms with Gasteiger partial charge in [-0.3, -0.25) is 4.79 Å². The molecular weight excluding hydrogens is 272 g/mol. The highest BCUT2D eigenvalue weighted by molar-refractivity contribution is 6.35. The van der Waals surface area contributed by atoms with Crippen LogP contribution in [0.5, 0.6) is 5.75 Å². The molecule has 0 aromatic heterocycles. The number of carbonyl (C=O) groups excluding carboxylic acids is 1. The molecule has 0 aliphatic rings. The molecule has 0 bridgehead atoms. The maximum Gasteiger partial charge on any atom is 0.198 e. The predicted molar refractivity (Wildman–Crippen MR) is 81.8 cm³/mol. The first-order valence-electron chi connectivity index (χ1n) is 6.55. The van der Waals surface area contributed by atoms with Crippen LogP contribution in [0.1, 0.15) is 35.3 Å². The molecule has 0 spiro atoms. The minimum Gasteiger partial charge on any atom is -0.490 e. The Bertz CT molecular complexity index is 633. The third-order valence-electron chi connectivity index (χ3n) is 2.86. The van der Waals surface area contributed by atoms with Crippen LogP contribution >= 0.6 is 11.6 Å². The van der Waals surface area contributed by atoms with Crippen LogP contribution in [0.3, 0.4) is 0 Å². The number of hydrogen-bond acceptors (Lipinski definition) is 2. The molecule has 0 aliphatic heterocycles. The van der Waals surface area contributed by atoms with Crippen LogP contribution in [0.2, 0.25) is 5.02 Å². The van der Waals surface area contributed by atoms with E-state index in [-0.39, 0.29) is 11.9 Å². The quantitative estimate of drug-likeness (QED) is 0.765. The number of ether oxygens (including phenoxy) is 1. The molecule has 104 valence electrons. The second kappa shape index (κ2) is 6.10. The highest BCUT2D eigenvalue weighted by atomic mass is 35.5. The molecule has 0 unspecified atom stereocenters. The summed E-state index contributed by atoms with van der Waals surface area (Å²) in [5.74, 6) is 0.468. The molecule has 2 aromatic carbocycles. The summed E-state index contributed by atoms with van der Waals surface area (Å²) in [4.78, 5) is 12.6. The van der Waals surface area contributed by atoms with E-state index in [9.17, 15) is 4.79 Å². The normalized spacial score (nSPS) is 10.7. The van der Waals surface area contributed by atoms with Crippen LogP contribution in [0.4, 0.5) is 0 Å². The Hall–Kier alpha value is -1.80. The number of rotatable bonds is 4. The van der Waals surface area contributed by atoms with Gasteiger partial charge < -0.3 is 4.74 Å². The summed E-state index contributed by atoms with van der Waals surface area (Å²) in [7, 11) is 0. The Balaban J connectivity index is 2.43. The lowest BCUT2D eigenvalue weighted by Gasteiger charge is -2.14. The summed E-state index contributed by atoms with van der Waals surface area (Å²) >= 11 is 6.17. The third-order valence-corrected chi connectivity index (χ3v) is 3.18. The van der Waals surface area contributed by atoms with Crippen molar-refractivity contribution in [3.05, 3.63) is 64.2 Å². The van der Waals surface area contributed by atoms with E-state index in [1.807, 2.05) is 39.0 Å². The van der Waals surface area contributed by atoms with Gasteiger partial charge in [-0.1, -0.05) is 29.8 Å². The van der Waals surface area contributed by atoms with E-state index in [2.05, 4.69) is 0 Å². The van der Waals surface area contributed by atoms with Crippen LogP contribution in [0.25, 0.3) is 0 Å². The summed E-state index contributed by atoms with van der Waals surface area (Å²) in [6.45, 7) is 5.80. The minimum atomic E-state index is -0.119. The maximum absolute atomic E-state index is 12.6. The topological polar surface area (TPSA) is 26.3 Å². The zero-order chi connectivity index (χ0) is 14.7. The van der Waals surface area contributed by atoms with Gasteiger partial charge in [-0.25, -0.2) is 0 Å². The number of para-hydroxylation sites is 1. The molecule has 3 heteroatoms. The van der Waals surface area contributed by atoms with E-state index in [1.54, 1.807) is 24.3 Å². The lowest BCUT2D eigenvalue weighted by atomic mass is 10.0. The zero-order valence-corrected chi connectivity index (χ0v) is 12.6. The molecule has 2 aromatic rings. The summed E-state index contributed by atoms with van der Waals surface area (Å²) in [6.07, 6.45) is 0.0115. The van der Waals surface area contributed by atoms with Gasteiger partial charge in [0.05, 0.1) is 16.7 Å². The second-order valence-corrected chi connectivity index (χ2v) is 5.38. The van der Waals surface area contributed by atoms with Gasteiger partial charge >= 0.3 is 0 Å². The van der Waals surface area contributed by atoms with E-state index < -0.39 is 0 Å². The van der Waals surface area contributed by atoms with E-state index in [0.29, 0.717) is 21.9 Å². The molecule has 0 fully saturated rings. The largest absolute Gasteiger partial charge is 0.490 e. The van der Waals surface area contributed by atoms with Gasteiger partial charge in [-0.05, 0) is 50.6 Å². The Labute approximate surface area is 124 Å². The highest BCUT2D eigenvalue weighted by Gasteiger charge is 2.17. The minimum absolute atomic E-state index is 0.0115.